The van der Waals surface area contributed by atoms with Gasteiger partial charge in [-0.2, -0.15) is 0 Å². The topological polar surface area (TPSA) is 97.1 Å². The first-order valence-corrected chi connectivity index (χ1v) is 8.42. The van der Waals surface area contributed by atoms with Crippen molar-refractivity contribution in [3.8, 4) is 0 Å². The molecule has 0 unspecified atom stereocenters. The van der Waals surface area contributed by atoms with E-state index < -0.39 is 4.92 Å². The maximum absolute atomic E-state index is 11.7. The molecule has 0 saturated carbocycles. The Morgan fingerprint density at radius 2 is 1.92 bits per heavy atom. The Morgan fingerprint density at radius 1 is 1.15 bits per heavy atom. The van der Waals surface area contributed by atoms with E-state index in [0.29, 0.717) is 24.6 Å². The molecule has 2 aromatic heterocycles. The molecule has 0 aliphatic rings. The van der Waals surface area contributed by atoms with Crippen LogP contribution in [0.4, 0.5) is 23.0 Å². The number of pyridine rings is 1. The maximum atomic E-state index is 11.7. The van der Waals surface area contributed by atoms with E-state index in [-0.39, 0.29) is 11.5 Å². The summed E-state index contributed by atoms with van der Waals surface area (Å²) in [6.07, 6.45) is 1.34. The highest BCUT2D eigenvalue weighted by Gasteiger charge is 2.26. The van der Waals surface area contributed by atoms with E-state index in [1.54, 1.807) is 0 Å². The van der Waals surface area contributed by atoms with E-state index in [1.807, 2.05) is 56.0 Å². The van der Waals surface area contributed by atoms with Gasteiger partial charge in [0, 0.05) is 29.9 Å². The molecular weight excluding hydrogens is 332 g/mol. The first-order valence-electron chi connectivity index (χ1n) is 8.42. The number of aryl methyl sites for hydroxylation is 1. The molecular formula is C18H20N6O2. The van der Waals surface area contributed by atoms with Crippen LogP contribution in [0.15, 0.2) is 36.7 Å². The van der Waals surface area contributed by atoms with Crippen LogP contribution in [-0.4, -0.2) is 33.0 Å². The van der Waals surface area contributed by atoms with E-state index in [4.69, 9.17) is 0 Å². The molecule has 0 aliphatic heterocycles. The Bertz CT molecular complexity index is 956. The number of anilines is 3. The van der Waals surface area contributed by atoms with Gasteiger partial charge in [0.15, 0.2) is 0 Å². The molecule has 0 aliphatic carbocycles. The Morgan fingerprint density at radius 3 is 2.62 bits per heavy atom. The third-order valence-electron chi connectivity index (χ3n) is 4.17. The number of hydrogen-bond donors (Lipinski definition) is 1. The Hall–Kier alpha value is -3.29. The number of fused-ring (bicyclic) bond motifs is 1. The Balaban J connectivity index is 2.11. The molecule has 3 aromatic rings. The third-order valence-corrected chi connectivity index (χ3v) is 4.17. The normalized spacial score (nSPS) is 10.7. The van der Waals surface area contributed by atoms with Crippen molar-refractivity contribution in [2.75, 3.05) is 23.3 Å². The van der Waals surface area contributed by atoms with Gasteiger partial charge >= 0.3 is 5.69 Å². The first kappa shape index (κ1) is 17.5. The fraction of sp³-hybridized carbons (Fsp3) is 0.278. The molecule has 8 heteroatoms. The molecule has 8 nitrogen and oxygen atoms in total. The molecule has 0 bridgehead atoms. The summed E-state index contributed by atoms with van der Waals surface area (Å²) >= 11 is 0. The van der Waals surface area contributed by atoms with Gasteiger partial charge in [0.2, 0.25) is 11.6 Å². The number of benzene rings is 1. The van der Waals surface area contributed by atoms with Crippen molar-refractivity contribution in [3.05, 3.63) is 52.5 Å². The zero-order valence-corrected chi connectivity index (χ0v) is 14.9. The number of rotatable bonds is 6. The van der Waals surface area contributed by atoms with Gasteiger partial charge in [-0.15, -0.1) is 0 Å². The van der Waals surface area contributed by atoms with Crippen molar-refractivity contribution >= 4 is 33.9 Å². The van der Waals surface area contributed by atoms with Crippen LogP contribution in [0, 0.1) is 17.0 Å². The smallest absolute Gasteiger partial charge is 0.351 e. The van der Waals surface area contributed by atoms with Crippen LogP contribution in [0.25, 0.3) is 10.9 Å². The molecule has 26 heavy (non-hydrogen) atoms. The maximum Gasteiger partial charge on any atom is 0.353 e. The van der Waals surface area contributed by atoms with Crippen molar-refractivity contribution in [2.45, 2.75) is 20.8 Å². The summed E-state index contributed by atoms with van der Waals surface area (Å²) in [5.41, 5.74) is 2.30. The molecule has 0 atom stereocenters. The fourth-order valence-electron chi connectivity index (χ4n) is 2.88. The molecule has 0 spiro atoms. The van der Waals surface area contributed by atoms with E-state index in [0.717, 1.165) is 16.6 Å². The average Bonchev–Trinajstić information content (AvgIpc) is 2.62. The zero-order chi connectivity index (χ0) is 18.7. The minimum Gasteiger partial charge on any atom is -0.351 e. The number of nitro groups is 1. The van der Waals surface area contributed by atoms with Crippen molar-refractivity contribution in [3.63, 3.8) is 0 Å². The lowest BCUT2D eigenvalue weighted by atomic mass is 10.1. The Kier molecular flexibility index (Phi) is 4.92. The predicted molar refractivity (Wildman–Crippen MR) is 102 cm³/mol. The van der Waals surface area contributed by atoms with Gasteiger partial charge in [0.25, 0.3) is 0 Å². The van der Waals surface area contributed by atoms with E-state index in [2.05, 4.69) is 20.3 Å². The Labute approximate surface area is 151 Å². The number of hydrogen-bond acceptors (Lipinski definition) is 7. The van der Waals surface area contributed by atoms with Crippen LogP contribution < -0.4 is 10.2 Å². The third kappa shape index (κ3) is 3.26. The molecule has 0 fully saturated rings. The lowest BCUT2D eigenvalue weighted by Crippen LogP contribution is -2.24. The van der Waals surface area contributed by atoms with E-state index in [1.165, 1.54) is 6.33 Å². The summed E-state index contributed by atoms with van der Waals surface area (Å²) in [6, 6.07) is 9.46. The summed E-state index contributed by atoms with van der Waals surface area (Å²) in [4.78, 5) is 25.9. The highest BCUT2D eigenvalue weighted by atomic mass is 16.6. The van der Waals surface area contributed by atoms with Crippen molar-refractivity contribution in [2.24, 2.45) is 0 Å². The van der Waals surface area contributed by atoms with Crippen molar-refractivity contribution in [1.82, 2.24) is 15.0 Å². The minimum absolute atomic E-state index is 0.131. The predicted octanol–water partition coefficient (Wildman–Crippen LogP) is 3.83. The van der Waals surface area contributed by atoms with Gasteiger partial charge in [-0.3, -0.25) is 15.1 Å². The standard InChI is InChI=1S/C18H20N6O2/c1-4-23(5-2)18-16(24(25)26)17(19-11-20-18)22-15-8-6-7-14-13(15)10-9-12(3)21-14/h6-11H,4-5H2,1-3H3,(H,19,20,22). The fourth-order valence-corrected chi connectivity index (χ4v) is 2.88. The van der Waals surface area contributed by atoms with Gasteiger partial charge in [-0.1, -0.05) is 6.07 Å². The molecule has 0 amide bonds. The van der Waals surface area contributed by atoms with Crippen molar-refractivity contribution in [1.29, 1.82) is 0 Å². The molecule has 1 N–H and O–H groups in total. The van der Waals surface area contributed by atoms with Crippen LogP contribution in [0.2, 0.25) is 0 Å². The lowest BCUT2D eigenvalue weighted by Gasteiger charge is -2.20. The second-order valence-corrected chi connectivity index (χ2v) is 5.77. The minimum atomic E-state index is -0.441. The zero-order valence-electron chi connectivity index (χ0n) is 14.9. The van der Waals surface area contributed by atoms with Gasteiger partial charge < -0.3 is 10.2 Å². The second kappa shape index (κ2) is 7.30. The number of nitrogens with zero attached hydrogens (tertiary/aromatic N) is 5. The summed E-state index contributed by atoms with van der Waals surface area (Å²) in [6.45, 7) is 7.02. The molecule has 3 rings (SSSR count). The summed E-state index contributed by atoms with van der Waals surface area (Å²) in [5.74, 6) is 0.478. The summed E-state index contributed by atoms with van der Waals surface area (Å²) < 4.78 is 0. The molecule has 134 valence electrons. The largest absolute Gasteiger partial charge is 0.353 e. The molecule has 0 saturated heterocycles. The average molecular weight is 352 g/mol. The quantitative estimate of drug-likeness (QED) is 0.532. The van der Waals surface area contributed by atoms with Crippen LogP contribution >= 0.6 is 0 Å². The lowest BCUT2D eigenvalue weighted by molar-refractivity contribution is -0.383. The van der Waals surface area contributed by atoms with Crippen molar-refractivity contribution < 1.29 is 4.92 Å². The second-order valence-electron chi connectivity index (χ2n) is 5.77. The van der Waals surface area contributed by atoms with Crippen LogP contribution in [0.3, 0.4) is 0 Å². The van der Waals surface area contributed by atoms with E-state index in [9.17, 15) is 10.1 Å². The van der Waals surface area contributed by atoms with Crippen LogP contribution in [0.5, 0.6) is 0 Å². The van der Waals surface area contributed by atoms with E-state index >= 15 is 0 Å². The van der Waals surface area contributed by atoms with Crippen LogP contribution in [-0.2, 0) is 0 Å². The number of aromatic nitrogens is 3. The molecule has 1 aromatic carbocycles. The van der Waals surface area contributed by atoms with Gasteiger partial charge in [-0.05, 0) is 45.0 Å². The monoisotopic (exact) mass is 352 g/mol. The van der Waals surface area contributed by atoms with Gasteiger partial charge in [-0.25, -0.2) is 9.97 Å². The van der Waals surface area contributed by atoms with Gasteiger partial charge in [0.05, 0.1) is 10.4 Å². The number of nitrogens with one attached hydrogen (secondary N) is 1. The summed E-state index contributed by atoms with van der Waals surface area (Å²) in [7, 11) is 0. The SMILES string of the molecule is CCN(CC)c1ncnc(Nc2cccc3nc(C)ccc23)c1[N+](=O)[O-]. The molecule has 2 heterocycles. The highest BCUT2D eigenvalue weighted by molar-refractivity contribution is 5.94. The summed E-state index contributed by atoms with van der Waals surface area (Å²) in [5, 5.41) is 15.7. The van der Waals surface area contributed by atoms with Gasteiger partial charge in [0.1, 0.15) is 6.33 Å². The van der Waals surface area contributed by atoms with Crippen LogP contribution in [0.1, 0.15) is 19.5 Å². The first-order chi connectivity index (χ1) is 12.5. The molecule has 0 radical (unpaired) electrons. The highest BCUT2D eigenvalue weighted by Crippen LogP contribution is 2.35.